The third-order valence-electron chi connectivity index (χ3n) is 9.41. The highest BCUT2D eigenvalue weighted by Gasteiger charge is 2.36. The molecule has 0 saturated heterocycles. The van der Waals surface area contributed by atoms with Gasteiger partial charge in [0.15, 0.2) is 11.6 Å². The summed E-state index contributed by atoms with van der Waals surface area (Å²) in [4.78, 5) is 78.0. The number of carbonyl (C=O) groups is 6. The fourth-order valence-electron chi connectivity index (χ4n) is 6.12. The van der Waals surface area contributed by atoms with Gasteiger partial charge in [0.25, 0.3) is 23.6 Å². The normalized spacial score (nSPS) is 12.7. The summed E-state index contributed by atoms with van der Waals surface area (Å²) in [5.74, 6) is -5.51. The number of hydrogen-bond acceptors (Lipinski definition) is 10. The van der Waals surface area contributed by atoms with E-state index in [0.717, 1.165) is 62.4 Å². The standard InChI is InChI=1S/C44H32Cl4F6N8O6/c1-19-15-25(55-41(67)35(21(3)63)61-59-32-17-23(11-13-28(32)45)39(65)57-37-26(43(49,50)51)7-5-9-30(37)47)16-20(2)34(19)56-42(68)36(22(4)64)62-60-33-18-24(12-14-29(33)46)40(66)58-38-27(44(52,53)54)8-6-10-31(38)48/h5-18,35-36H,1-4H3,(H,55,67)(H,56,68)(H,57,65)(H,58,66). The largest absolute Gasteiger partial charge is 0.418 e. The molecule has 0 radical (unpaired) electrons. The van der Waals surface area contributed by atoms with E-state index in [9.17, 15) is 55.1 Å². The van der Waals surface area contributed by atoms with Crippen molar-refractivity contribution < 1.29 is 55.1 Å². The van der Waals surface area contributed by atoms with E-state index in [1.807, 2.05) is 0 Å². The Morgan fingerprint density at radius 2 is 0.882 bits per heavy atom. The molecule has 0 fully saturated rings. The average Bonchev–Trinajstić information content (AvgIpc) is 3.23. The number of alkyl halides is 6. The van der Waals surface area contributed by atoms with E-state index in [1.54, 1.807) is 13.8 Å². The van der Waals surface area contributed by atoms with E-state index in [4.69, 9.17) is 46.4 Å². The van der Waals surface area contributed by atoms with E-state index in [2.05, 4.69) is 41.7 Å². The Morgan fingerprint density at radius 1 is 0.500 bits per heavy atom. The maximum atomic E-state index is 13.6. The van der Waals surface area contributed by atoms with Crippen molar-refractivity contribution in [3.8, 4) is 0 Å². The summed E-state index contributed by atoms with van der Waals surface area (Å²) < 4.78 is 81.6. The molecule has 0 saturated carbocycles. The minimum Gasteiger partial charge on any atom is -0.324 e. The summed E-state index contributed by atoms with van der Waals surface area (Å²) in [6, 6.07) is 12.1. The Morgan fingerprint density at radius 3 is 1.25 bits per heavy atom. The molecule has 0 bridgehead atoms. The lowest BCUT2D eigenvalue weighted by molar-refractivity contribution is -0.137. The van der Waals surface area contributed by atoms with Crippen LogP contribution in [0.1, 0.15) is 56.8 Å². The number of amides is 4. The van der Waals surface area contributed by atoms with Gasteiger partial charge >= 0.3 is 12.4 Å². The quantitative estimate of drug-likeness (QED) is 0.0484. The number of carbonyl (C=O) groups excluding carboxylic acids is 6. The first-order chi connectivity index (χ1) is 31.8. The average molecular weight is 1020 g/mol. The highest BCUT2D eigenvalue weighted by molar-refractivity contribution is 6.35. The van der Waals surface area contributed by atoms with Crippen LogP contribution < -0.4 is 21.3 Å². The molecule has 0 aliphatic carbocycles. The molecule has 5 aromatic rings. The zero-order valence-electron chi connectivity index (χ0n) is 35.3. The summed E-state index contributed by atoms with van der Waals surface area (Å²) in [5.41, 5.74) is -3.63. The highest BCUT2D eigenvalue weighted by Crippen LogP contribution is 2.40. The van der Waals surface area contributed by atoms with Gasteiger partial charge in [0.05, 0.1) is 42.6 Å². The smallest absolute Gasteiger partial charge is 0.324 e. The van der Waals surface area contributed by atoms with Crippen LogP contribution in [0.2, 0.25) is 20.1 Å². The Labute approximate surface area is 401 Å². The summed E-state index contributed by atoms with van der Waals surface area (Å²) in [6.07, 6.45) is -9.69. The predicted octanol–water partition coefficient (Wildman–Crippen LogP) is 12.8. The van der Waals surface area contributed by atoms with Gasteiger partial charge in [-0.05, 0) is 112 Å². The van der Waals surface area contributed by atoms with Gasteiger partial charge in [0.1, 0.15) is 11.4 Å². The topological polar surface area (TPSA) is 200 Å². The maximum Gasteiger partial charge on any atom is 0.418 e. The van der Waals surface area contributed by atoms with Crippen molar-refractivity contribution >= 4 is 116 Å². The van der Waals surface area contributed by atoms with Crippen LogP contribution in [0.4, 0.5) is 60.5 Å². The monoisotopic (exact) mass is 1020 g/mol. The van der Waals surface area contributed by atoms with Crippen molar-refractivity contribution in [2.24, 2.45) is 20.5 Å². The molecule has 2 unspecified atom stereocenters. The van der Waals surface area contributed by atoms with E-state index in [0.29, 0.717) is 11.1 Å². The molecule has 0 heterocycles. The molecule has 5 rings (SSSR count). The van der Waals surface area contributed by atoms with Gasteiger partial charge in [-0.2, -0.15) is 46.8 Å². The number of benzene rings is 5. The second-order valence-electron chi connectivity index (χ2n) is 14.5. The van der Waals surface area contributed by atoms with E-state index >= 15 is 0 Å². The van der Waals surface area contributed by atoms with Crippen molar-refractivity contribution in [3.63, 3.8) is 0 Å². The van der Waals surface area contributed by atoms with Crippen molar-refractivity contribution in [1.29, 1.82) is 0 Å². The molecule has 354 valence electrons. The van der Waals surface area contributed by atoms with Crippen molar-refractivity contribution in [2.45, 2.75) is 52.1 Å². The number of aryl methyl sites for hydroxylation is 2. The van der Waals surface area contributed by atoms with Crippen LogP contribution in [-0.2, 0) is 31.5 Å². The summed E-state index contributed by atoms with van der Waals surface area (Å²) in [7, 11) is 0. The van der Waals surface area contributed by atoms with Gasteiger partial charge in [-0.15, -0.1) is 0 Å². The van der Waals surface area contributed by atoms with E-state index < -0.39 is 82.1 Å². The second-order valence-corrected chi connectivity index (χ2v) is 16.1. The third kappa shape index (κ3) is 12.8. The Hall–Kier alpha value is -6.74. The maximum absolute atomic E-state index is 13.6. The molecular formula is C44H32Cl4F6N8O6. The highest BCUT2D eigenvalue weighted by atomic mass is 35.5. The molecule has 5 aromatic carbocycles. The molecular weight excluding hydrogens is 992 g/mol. The number of nitrogens with one attached hydrogen (secondary N) is 4. The van der Waals surface area contributed by atoms with Crippen molar-refractivity contribution in [1.82, 2.24) is 0 Å². The zero-order valence-corrected chi connectivity index (χ0v) is 38.3. The first kappa shape index (κ1) is 52.2. The molecule has 2 atom stereocenters. The fraction of sp³-hybridized carbons (Fsp3) is 0.182. The number of para-hydroxylation sites is 2. The number of anilines is 4. The van der Waals surface area contributed by atoms with E-state index in [1.165, 1.54) is 36.4 Å². The van der Waals surface area contributed by atoms with Gasteiger partial charge in [-0.1, -0.05) is 58.5 Å². The molecule has 0 aromatic heterocycles. The van der Waals surface area contributed by atoms with Gasteiger partial charge in [-0.25, -0.2) is 0 Å². The lowest BCUT2D eigenvalue weighted by atomic mass is 10.1. The first-order valence-corrected chi connectivity index (χ1v) is 20.8. The van der Waals surface area contributed by atoms with Crippen LogP contribution in [0.15, 0.2) is 105 Å². The Bertz CT molecular complexity index is 2910. The van der Waals surface area contributed by atoms with Crippen molar-refractivity contribution in [2.75, 3.05) is 21.3 Å². The number of hydrogen-bond donors (Lipinski definition) is 4. The van der Waals surface area contributed by atoms with Gasteiger partial charge in [0, 0.05) is 22.5 Å². The van der Waals surface area contributed by atoms with Crippen LogP contribution in [0.3, 0.4) is 0 Å². The second kappa shape index (κ2) is 21.5. The summed E-state index contributed by atoms with van der Waals surface area (Å²) >= 11 is 24.4. The third-order valence-corrected chi connectivity index (χ3v) is 10.7. The molecule has 14 nitrogen and oxygen atoms in total. The Kier molecular flexibility index (Phi) is 16.5. The van der Waals surface area contributed by atoms with Crippen LogP contribution >= 0.6 is 46.4 Å². The number of Topliss-reactive ketones (excluding diaryl/α,β-unsaturated/α-hetero) is 2. The van der Waals surface area contributed by atoms with Crippen LogP contribution in [0.25, 0.3) is 0 Å². The van der Waals surface area contributed by atoms with Gasteiger partial charge in [0.2, 0.25) is 12.1 Å². The van der Waals surface area contributed by atoms with Gasteiger partial charge < -0.3 is 21.3 Å². The number of rotatable bonds is 14. The molecule has 0 aliphatic rings. The summed E-state index contributed by atoms with van der Waals surface area (Å²) in [5, 5.41) is 23.8. The number of azo groups is 2. The molecule has 0 spiro atoms. The minimum absolute atomic E-state index is 0.0964. The molecule has 68 heavy (non-hydrogen) atoms. The molecule has 4 amide bonds. The number of halogens is 10. The number of ketones is 2. The molecule has 24 heteroatoms. The lowest BCUT2D eigenvalue weighted by Crippen LogP contribution is -2.33. The van der Waals surface area contributed by atoms with Crippen LogP contribution in [0, 0.1) is 13.8 Å². The Balaban J connectivity index is 1.29. The first-order valence-electron chi connectivity index (χ1n) is 19.3. The molecule has 0 aliphatic heterocycles. The molecule has 4 N–H and O–H groups in total. The van der Waals surface area contributed by atoms with Crippen LogP contribution in [-0.4, -0.2) is 47.3 Å². The fourth-order valence-corrected chi connectivity index (χ4v) is 6.87. The number of nitrogens with zero attached hydrogens (tertiary/aromatic N) is 4. The zero-order chi connectivity index (χ0) is 50.4. The SMILES string of the molecule is CC(=O)C(N=Nc1cc(C(=O)Nc2c(Cl)cccc2C(F)(F)F)ccc1Cl)C(=O)Nc1cc(C)c(NC(=O)C(N=Nc2cc(C(=O)Nc3c(Cl)cccc3C(F)(F)F)ccc2Cl)C(C)=O)c(C)c1. The minimum atomic E-state index is -4.85. The predicted molar refractivity (Wildman–Crippen MR) is 243 cm³/mol. The lowest BCUT2D eigenvalue weighted by Gasteiger charge is -2.17. The van der Waals surface area contributed by atoms with Crippen molar-refractivity contribution in [3.05, 3.63) is 138 Å². The van der Waals surface area contributed by atoms with Crippen LogP contribution in [0.5, 0.6) is 0 Å². The van der Waals surface area contributed by atoms with E-state index in [-0.39, 0.29) is 54.0 Å². The summed E-state index contributed by atoms with van der Waals surface area (Å²) in [6.45, 7) is 5.19. The van der Waals surface area contributed by atoms with Gasteiger partial charge in [-0.3, -0.25) is 28.8 Å².